The van der Waals surface area contributed by atoms with Gasteiger partial charge in [-0.2, -0.15) is 0 Å². The highest BCUT2D eigenvalue weighted by Gasteiger charge is 2.23. The topological polar surface area (TPSA) is 22.8 Å². The summed E-state index contributed by atoms with van der Waals surface area (Å²) in [5.74, 6) is 0. The minimum atomic E-state index is 1.01. The highest BCUT2D eigenvalue weighted by atomic mass is 15.1. The van der Waals surface area contributed by atoms with Crippen LogP contribution in [0.5, 0.6) is 0 Å². The summed E-state index contributed by atoms with van der Waals surface area (Å²) in [6.45, 7) is 10.9. The second-order valence-electron chi connectivity index (χ2n) is 17.3. The van der Waals surface area contributed by atoms with E-state index in [0.717, 1.165) is 42.8 Å². The standard InChI is InChI=1S/C58H65N3/c1-5-8-11-13-15-18-26-44-28-24-30-46(39-44)54-41-49(42-55(59-54)47-31-25-29-45(40-47)27-19-16-14-12-9-6-2)61-56-36-23-22-35-51(56)53-38-37-52-50(34-10-7-3)43(4)60(57(52)58(53)61)48-32-20-17-21-33-48/h7,10,20,22-25,28-42H,3,5-6,8-9,11-19,21,26-27H2,1-2,4H3/b34-10-. The number of benzene rings is 4. The number of aromatic nitrogens is 3. The zero-order valence-electron chi connectivity index (χ0n) is 37.1. The molecule has 0 fully saturated rings. The van der Waals surface area contributed by atoms with Crippen LogP contribution in [-0.2, 0) is 12.8 Å². The van der Waals surface area contributed by atoms with Gasteiger partial charge in [0.1, 0.15) is 0 Å². The molecule has 0 radical (unpaired) electrons. The molecule has 0 amide bonds. The quantitative estimate of drug-likeness (QED) is 0.0556. The van der Waals surface area contributed by atoms with Gasteiger partial charge in [0.05, 0.1) is 33.6 Å². The van der Waals surface area contributed by atoms with Crippen LogP contribution >= 0.6 is 0 Å². The fourth-order valence-corrected chi connectivity index (χ4v) is 9.63. The zero-order chi connectivity index (χ0) is 42.0. The fraction of sp³-hybridized carbons (Fsp3) is 0.328. The highest BCUT2D eigenvalue weighted by molar-refractivity contribution is 6.20. The van der Waals surface area contributed by atoms with Crippen molar-refractivity contribution in [3.63, 3.8) is 0 Å². The zero-order valence-corrected chi connectivity index (χ0v) is 37.1. The smallest absolute Gasteiger partial charge is 0.0788 e. The first kappa shape index (κ1) is 42.0. The molecule has 0 bridgehead atoms. The number of aryl methyl sites for hydroxylation is 2. The van der Waals surface area contributed by atoms with E-state index in [1.807, 2.05) is 6.08 Å². The van der Waals surface area contributed by atoms with E-state index >= 15 is 0 Å². The van der Waals surface area contributed by atoms with E-state index in [2.05, 4.69) is 164 Å². The van der Waals surface area contributed by atoms with Gasteiger partial charge in [-0.25, -0.2) is 4.98 Å². The average molecular weight is 804 g/mol. The number of para-hydroxylation sites is 1. The van der Waals surface area contributed by atoms with Crippen molar-refractivity contribution in [3.05, 3.63) is 156 Å². The van der Waals surface area contributed by atoms with Gasteiger partial charge in [-0.15, -0.1) is 0 Å². The first-order valence-electron chi connectivity index (χ1n) is 23.5. The molecule has 8 rings (SSSR count). The first-order chi connectivity index (χ1) is 30.1. The normalized spacial score (nSPS) is 13.0. The lowest BCUT2D eigenvalue weighted by atomic mass is 10.00. The Bertz CT molecular complexity index is 2630. The number of hydrogen-bond donors (Lipinski definition) is 0. The van der Waals surface area contributed by atoms with E-state index in [0.29, 0.717) is 0 Å². The van der Waals surface area contributed by atoms with Crippen LogP contribution in [0, 0.1) is 6.92 Å². The third kappa shape index (κ3) is 9.32. The third-order valence-corrected chi connectivity index (χ3v) is 12.8. The van der Waals surface area contributed by atoms with Gasteiger partial charge in [-0.1, -0.05) is 182 Å². The monoisotopic (exact) mass is 804 g/mol. The first-order valence-corrected chi connectivity index (χ1v) is 23.5. The summed E-state index contributed by atoms with van der Waals surface area (Å²) in [6.07, 6.45) is 33.1. The molecule has 61 heavy (non-hydrogen) atoms. The summed E-state index contributed by atoms with van der Waals surface area (Å²) in [4.78, 5) is 5.54. The van der Waals surface area contributed by atoms with E-state index in [1.54, 1.807) is 0 Å². The number of rotatable bonds is 20. The van der Waals surface area contributed by atoms with Crippen LogP contribution in [0.25, 0.3) is 72.7 Å². The summed E-state index contributed by atoms with van der Waals surface area (Å²) in [6, 6.07) is 36.7. The number of hydrogen-bond acceptors (Lipinski definition) is 1. The molecule has 7 aromatic rings. The van der Waals surface area contributed by atoms with Crippen molar-refractivity contribution in [3.8, 4) is 28.2 Å². The number of fused-ring (bicyclic) bond motifs is 5. The van der Waals surface area contributed by atoms with Crippen LogP contribution in [0.1, 0.15) is 126 Å². The summed E-state index contributed by atoms with van der Waals surface area (Å²) >= 11 is 0. The Balaban J connectivity index is 1.32. The Morgan fingerprint density at radius 3 is 1.84 bits per heavy atom. The van der Waals surface area contributed by atoms with Gasteiger partial charge in [-0.3, -0.25) is 0 Å². The number of pyridine rings is 1. The molecule has 3 aromatic heterocycles. The number of unbranched alkanes of at least 4 members (excludes halogenated alkanes) is 10. The molecule has 0 saturated heterocycles. The SMILES string of the molecule is C=C/C=C\c1c(C)n(C2=CCCC=C2)c2c1ccc1c3ccccc3n(-c3cc(-c4cccc(CCCCCCCC)c4)nc(-c4cccc(CCCCCCCC)c4)c3)c12. The molecule has 0 saturated carbocycles. The Morgan fingerprint density at radius 1 is 0.607 bits per heavy atom. The van der Waals surface area contributed by atoms with E-state index < -0.39 is 0 Å². The van der Waals surface area contributed by atoms with Crippen LogP contribution < -0.4 is 0 Å². The number of nitrogens with zero attached hydrogens (tertiary/aromatic N) is 3. The van der Waals surface area contributed by atoms with Crippen LogP contribution in [0.2, 0.25) is 0 Å². The van der Waals surface area contributed by atoms with Crippen molar-refractivity contribution in [2.45, 2.75) is 124 Å². The van der Waals surface area contributed by atoms with Crippen LogP contribution in [0.3, 0.4) is 0 Å². The molecule has 0 spiro atoms. The molecule has 4 aromatic carbocycles. The lowest BCUT2D eigenvalue weighted by Crippen LogP contribution is -2.03. The predicted octanol–water partition coefficient (Wildman–Crippen LogP) is 17.0. The molecule has 0 aliphatic heterocycles. The molecular formula is C58H65N3. The largest absolute Gasteiger partial charge is 0.312 e. The molecule has 0 N–H and O–H groups in total. The Labute approximate surface area is 365 Å². The molecular weight excluding hydrogens is 739 g/mol. The summed E-state index contributed by atoms with van der Waals surface area (Å²) in [7, 11) is 0. The minimum Gasteiger partial charge on any atom is -0.312 e. The Hall–Kier alpha value is -5.67. The molecule has 3 heterocycles. The maximum atomic E-state index is 5.54. The fourth-order valence-electron chi connectivity index (χ4n) is 9.63. The Kier molecular flexibility index (Phi) is 14.0. The molecule has 312 valence electrons. The van der Waals surface area contributed by atoms with Crippen LogP contribution in [-0.4, -0.2) is 14.1 Å². The van der Waals surface area contributed by atoms with Crippen molar-refractivity contribution in [1.29, 1.82) is 0 Å². The molecule has 0 unspecified atom stereocenters. The lowest BCUT2D eigenvalue weighted by Gasteiger charge is -2.17. The van der Waals surface area contributed by atoms with Crippen molar-refractivity contribution < 1.29 is 0 Å². The maximum absolute atomic E-state index is 5.54. The highest BCUT2D eigenvalue weighted by Crippen LogP contribution is 2.42. The van der Waals surface area contributed by atoms with Gasteiger partial charge in [0.15, 0.2) is 0 Å². The second-order valence-corrected chi connectivity index (χ2v) is 17.3. The third-order valence-electron chi connectivity index (χ3n) is 12.8. The van der Waals surface area contributed by atoms with Gasteiger partial charge in [-0.05, 0) is 93.0 Å². The van der Waals surface area contributed by atoms with E-state index in [-0.39, 0.29) is 0 Å². The summed E-state index contributed by atoms with van der Waals surface area (Å²) < 4.78 is 5.04. The van der Waals surface area contributed by atoms with Crippen LogP contribution in [0.15, 0.2) is 134 Å². The van der Waals surface area contributed by atoms with E-state index in [4.69, 9.17) is 4.98 Å². The summed E-state index contributed by atoms with van der Waals surface area (Å²) in [5, 5.41) is 3.75. The van der Waals surface area contributed by atoms with Crippen molar-refractivity contribution >= 4 is 44.5 Å². The average Bonchev–Trinajstić information content (AvgIpc) is 3.79. The molecule has 1 aliphatic rings. The van der Waals surface area contributed by atoms with E-state index in [1.165, 1.54) is 149 Å². The molecule has 3 nitrogen and oxygen atoms in total. The van der Waals surface area contributed by atoms with Gasteiger partial charge in [0.25, 0.3) is 0 Å². The van der Waals surface area contributed by atoms with Gasteiger partial charge in [0, 0.05) is 44.2 Å². The van der Waals surface area contributed by atoms with E-state index in [9.17, 15) is 0 Å². The Morgan fingerprint density at radius 2 is 1.21 bits per heavy atom. The van der Waals surface area contributed by atoms with Crippen molar-refractivity contribution in [1.82, 2.24) is 14.1 Å². The molecule has 0 atom stereocenters. The summed E-state index contributed by atoms with van der Waals surface area (Å²) in [5.41, 5.74) is 15.6. The van der Waals surface area contributed by atoms with Crippen molar-refractivity contribution in [2.24, 2.45) is 0 Å². The van der Waals surface area contributed by atoms with Gasteiger partial charge in [0.2, 0.25) is 0 Å². The van der Waals surface area contributed by atoms with Gasteiger partial charge < -0.3 is 9.13 Å². The second kappa shape index (κ2) is 20.3. The van der Waals surface area contributed by atoms with Crippen molar-refractivity contribution in [2.75, 3.05) is 0 Å². The maximum Gasteiger partial charge on any atom is 0.0788 e. The predicted molar refractivity (Wildman–Crippen MR) is 266 cm³/mol. The lowest BCUT2D eigenvalue weighted by molar-refractivity contribution is 0.607. The molecule has 1 aliphatic carbocycles. The molecule has 3 heteroatoms. The van der Waals surface area contributed by atoms with Crippen LogP contribution in [0.4, 0.5) is 0 Å². The van der Waals surface area contributed by atoms with Gasteiger partial charge >= 0.3 is 0 Å². The number of allylic oxidation sites excluding steroid dienone is 6. The minimum absolute atomic E-state index is 1.01.